The van der Waals surface area contributed by atoms with Crippen molar-refractivity contribution in [2.45, 2.75) is 12.5 Å². The predicted octanol–water partition coefficient (Wildman–Crippen LogP) is 1.95. The lowest BCUT2D eigenvalue weighted by Crippen LogP contribution is -2.34. The SMILES string of the molecule is CNC1CCN(CC(=O)Nc2ccccc2I)C1.Cl. The zero-order valence-corrected chi connectivity index (χ0v) is 13.8. The Bertz CT molecular complexity index is 430. The minimum absolute atomic E-state index is 0. The second-order valence-electron chi connectivity index (χ2n) is 4.54. The second kappa shape index (κ2) is 8.04. The smallest absolute Gasteiger partial charge is 0.238 e. The Labute approximate surface area is 133 Å². The summed E-state index contributed by atoms with van der Waals surface area (Å²) in [6.45, 7) is 2.42. The number of hydrogen-bond acceptors (Lipinski definition) is 3. The van der Waals surface area contributed by atoms with Crippen LogP contribution in [0.2, 0.25) is 0 Å². The standard InChI is InChI=1S/C13H18IN3O.ClH/c1-15-10-6-7-17(8-10)9-13(18)16-12-5-3-2-4-11(12)14;/h2-5,10,15H,6-9H2,1H3,(H,16,18);1H. The van der Waals surface area contributed by atoms with E-state index in [9.17, 15) is 4.79 Å². The molecule has 0 spiro atoms. The zero-order chi connectivity index (χ0) is 13.0. The Morgan fingerprint density at radius 2 is 2.21 bits per heavy atom. The number of nitrogens with zero attached hydrogens (tertiary/aromatic N) is 1. The summed E-state index contributed by atoms with van der Waals surface area (Å²) in [5, 5.41) is 6.21. The molecule has 1 unspecified atom stereocenters. The highest BCUT2D eigenvalue weighted by Crippen LogP contribution is 2.17. The molecule has 19 heavy (non-hydrogen) atoms. The Morgan fingerprint density at radius 1 is 1.47 bits per heavy atom. The summed E-state index contributed by atoms with van der Waals surface area (Å²) in [6.07, 6.45) is 1.12. The third-order valence-electron chi connectivity index (χ3n) is 3.20. The number of anilines is 1. The third kappa shape index (κ3) is 4.91. The quantitative estimate of drug-likeness (QED) is 0.766. The number of hydrogen-bond donors (Lipinski definition) is 2. The van der Waals surface area contributed by atoms with Gasteiger partial charge in [-0.25, -0.2) is 0 Å². The lowest BCUT2D eigenvalue weighted by Gasteiger charge is -2.15. The van der Waals surface area contributed by atoms with E-state index in [1.165, 1.54) is 0 Å². The van der Waals surface area contributed by atoms with E-state index in [0.29, 0.717) is 12.6 Å². The first kappa shape index (κ1) is 16.7. The molecule has 2 rings (SSSR count). The number of benzene rings is 1. The van der Waals surface area contributed by atoms with Crippen LogP contribution in [0.5, 0.6) is 0 Å². The van der Waals surface area contributed by atoms with Gasteiger partial charge in [-0.1, -0.05) is 12.1 Å². The van der Waals surface area contributed by atoms with Gasteiger partial charge in [0.15, 0.2) is 0 Å². The van der Waals surface area contributed by atoms with Gasteiger partial charge >= 0.3 is 0 Å². The average molecular weight is 396 g/mol. The van der Waals surface area contributed by atoms with Gasteiger partial charge in [0, 0.05) is 22.7 Å². The van der Waals surface area contributed by atoms with E-state index in [2.05, 4.69) is 38.1 Å². The van der Waals surface area contributed by atoms with Gasteiger partial charge in [0.2, 0.25) is 5.91 Å². The van der Waals surface area contributed by atoms with Gasteiger partial charge in [0.25, 0.3) is 0 Å². The number of halogens is 2. The fourth-order valence-electron chi connectivity index (χ4n) is 2.17. The molecule has 1 heterocycles. The molecule has 0 saturated carbocycles. The van der Waals surface area contributed by atoms with Crippen LogP contribution in [0.4, 0.5) is 5.69 Å². The van der Waals surface area contributed by atoms with Crippen LogP contribution in [-0.2, 0) is 4.79 Å². The third-order valence-corrected chi connectivity index (χ3v) is 4.14. The van der Waals surface area contributed by atoms with Crippen LogP contribution in [-0.4, -0.2) is 43.5 Å². The Kier molecular flexibility index (Phi) is 7.06. The molecular formula is C13H19ClIN3O. The van der Waals surface area contributed by atoms with Crippen molar-refractivity contribution in [3.63, 3.8) is 0 Å². The normalized spacial score (nSPS) is 18.9. The van der Waals surface area contributed by atoms with Gasteiger partial charge in [0.1, 0.15) is 0 Å². The number of likely N-dealkylation sites (N-methyl/N-ethyl adjacent to an activating group) is 1. The molecule has 1 aromatic rings. The fraction of sp³-hybridized carbons (Fsp3) is 0.462. The first-order valence-electron chi connectivity index (χ1n) is 6.13. The van der Waals surface area contributed by atoms with Crippen molar-refractivity contribution in [3.8, 4) is 0 Å². The number of carbonyl (C=O) groups is 1. The van der Waals surface area contributed by atoms with Crippen LogP contribution in [0.15, 0.2) is 24.3 Å². The average Bonchev–Trinajstić information content (AvgIpc) is 2.80. The summed E-state index contributed by atoms with van der Waals surface area (Å²) >= 11 is 2.23. The Balaban J connectivity index is 0.00000180. The van der Waals surface area contributed by atoms with Crippen molar-refractivity contribution < 1.29 is 4.79 Å². The number of likely N-dealkylation sites (tertiary alicyclic amines) is 1. The van der Waals surface area contributed by atoms with Gasteiger partial charge in [-0.2, -0.15) is 0 Å². The highest BCUT2D eigenvalue weighted by molar-refractivity contribution is 14.1. The summed E-state index contributed by atoms with van der Waals surface area (Å²) in [5.41, 5.74) is 0.896. The van der Waals surface area contributed by atoms with Gasteiger partial charge in [-0.15, -0.1) is 12.4 Å². The van der Waals surface area contributed by atoms with E-state index in [0.717, 1.165) is 28.8 Å². The first-order valence-corrected chi connectivity index (χ1v) is 7.21. The maximum Gasteiger partial charge on any atom is 0.238 e. The van der Waals surface area contributed by atoms with Crippen molar-refractivity contribution in [3.05, 3.63) is 27.8 Å². The molecule has 1 atom stereocenters. The topological polar surface area (TPSA) is 44.4 Å². The second-order valence-corrected chi connectivity index (χ2v) is 5.70. The van der Waals surface area contributed by atoms with E-state index in [4.69, 9.17) is 0 Å². The van der Waals surface area contributed by atoms with Gasteiger partial charge in [-0.3, -0.25) is 9.69 Å². The van der Waals surface area contributed by atoms with Crippen molar-refractivity contribution >= 4 is 46.6 Å². The highest BCUT2D eigenvalue weighted by atomic mass is 127. The van der Waals surface area contributed by atoms with Crippen LogP contribution < -0.4 is 10.6 Å². The van der Waals surface area contributed by atoms with E-state index in [-0.39, 0.29) is 18.3 Å². The van der Waals surface area contributed by atoms with Crippen LogP contribution in [0.25, 0.3) is 0 Å². The van der Waals surface area contributed by atoms with Crippen LogP contribution >= 0.6 is 35.0 Å². The van der Waals surface area contributed by atoms with Crippen molar-refractivity contribution in [1.29, 1.82) is 0 Å². The maximum absolute atomic E-state index is 11.9. The minimum atomic E-state index is 0. The first-order chi connectivity index (χ1) is 8.69. The molecular weight excluding hydrogens is 377 g/mol. The number of nitrogens with one attached hydrogen (secondary N) is 2. The fourth-order valence-corrected chi connectivity index (χ4v) is 2.69. The molecule has 0 bridgehead atoms. The molecule has 6 heteroatoms. The Hall–Kier alpha value is -0.370. The van der Waals surface area contributed by atoms with E-state index in [1.54, 1.807) is 0 Å². The lowest BCUT2D eigenvalue weighted by molar-refractivity contribution is -0.117. The predicted molar refractivity (Wildman–Crippen MR) is 88.9 cm³/mol. The zero-order valence-electron chi connectivity index (χ0n) is 10.9. The maximum atomic E-state index is 11.9. The largest absolute Gasteiger partial charge is 0.324 e. The van der Waals surface area contributed by atoms with Crippen molar-refractivity contribution in [2.24, 2.45) is 0 Å². The molecule has 0 aromatic heterocycles. The number of para-hydroxylation sites is 1. The highest BCUT2D eigenvalue weighted by Gasteiger charge is 2.22. The van der Waals surface area contributed by atoms with Gasteiger partial charge < -0.3 is 10.6 Å². The van der Waals surface area contributed by atoms with Gasteiger partial charge in [0.05, 0.1) is 12.2 Å². The van der Waals surface area contributed by atoms with Gasteiger partial charge in [-0.05, 0) is 48.2 Å². The minimum Gasteiger partial charge on any atom is -0.324 e. The molecule has 106 valence electrons. The summed E-state index contributed by atoms with van der Waals surface area (Å²) in [7, 11) is 1.97. The van der Waals surface area contributed by atoms with Crippen LogP contribution in [0.1, 0.15) is 6.42 Å². The lowest BCUT2D eigenvalue weighted by atomic mass is 10.3. The molecule has 1 aromatic carbocycles. The van der Waals surface area contributed by atoms with E-state index >= 15 is 0 Å². The molecule has 1 saturated heterocycles. The molecule has 1 amide bonds. The molecule has 0 radical (unpaired) electrons. The molecule has 0 aliphatic carbocycles. The van der Waals surface area contributed by atoms with Crippen LogP contribution in [0.3, 0.4) is 0 Å². The molecule has 4 nitrogen and oxygen atoms in total. The van der Waals surface area contributed by atoms with E-state index in [1.807, 2.05) is 31.3 Å². The molecule has 1 aliphatic heterocycles. The van der Waals surface area contributed by atoms with Crippen LogP contribution in [0, 0.1) is 3.57 Å². The Morgan fingerprint density at radius 3 is 2.84 bits per heavy atom. The number of carbonyl (C=O) groups excluding carboxylic acids is 1. The van der Waals surface area contributed by atoms with Crippen molar-refractivity contribution in [2.75, 3.05) is 32.0 Å². The molecule has 1 fully saturated rings. The molecule has 1 aliphatic rings. The summed E-state index contributed by atoms with van der Waals surface area (Å²) in [5.74, 6) is 0.0656. The summed E-state index contributed by atoms with van der Waals surface area (Å²) in [6, 6.07) is 8.35. The summed E-state index contributed by atoms with van der Waals surface area (Å²) in [4.78, 5) is 14.1. The van der Waals surface area contributed by atoms with Crippen molar-refractivity contribution in [1.82, 2.24) is 10.2 Å². The monoisotopic (exact) mass is 395 g/mol. The molecule has 2 N–H and O–H groups in total. The van der Waals surface area contributed by atoms with E-state index < -0.39 is 0 Å². The summed E-state index contributed by atoms with van der Waals surface area (Å²) < 4.78 is 1.07. The number of rotatable bonds is 4. The number of amides is 1.